The fraction of sp³-hybridized carbons (Fsp3) is 0.154. The number of carboxylic acids is 1. The van der Waals surface area contributed by atoms with E-state index in [2.05, 4.69) is 9.97 Å². The highest BCUT2D eigenvalue weighted by Crippen LogP contribution is 2.16. The van der Waals surface area contributed by atoms with E-state index in [9.17, 15) is 4.79 Å². The molecule has 2 rings (SSSR count). The lowest BCUT2D eigenvalue weighted by atomic mass is 10.1. The molecule has 3 N–H and O–H groups in total. The lowest BCUT2D eigenvalue weighted by molar-refractivity contribution is -0.138. The molecule has 0 spiro atoms. The van der Waals surface area contributed by atoms with E-state index in [4.69, 9.17) is 15.6 Å². The highest BCUT2D eigenvalue weighted by atomic mass is 16.5. The number of rotatable bonds is 5. The summed E-state index contributed by atoms with van der Waals surface area (Å²) in [5.41, 5.74) is 6.07. The normalized spacial score (nSPS) is 11.8. The number of carbonyl (C=O) groups is 1. The average Bonchev–Trinajstić information content (AvgIpc) is 2.42. The molecule has 0 aliphatic heterocycles. The Hall–Kier alpha value is -2.47. The van der Waals surface area contributed by atoms with Gasteiger partial charge in [-0.15, -0.1) is 0 Å². The van der Waals surface area contributed by atoms with Gasteiger partial charge in [0.05, 0.1) is 0 Å². The number of nitrogens with two attached hydrogens (primary N) is 1. The Morgan fingerprint density at radius 1 is 1.26 bits per heavy atom. The van der Waals surface area contributed by atoms with Crippen LogP contribution in [0, 0.1) is 0 Å². The topological polar surface area (TPSA) is 98.3 Å². The maximum Gasteiger partial charge on any atom is 0.321 e. The highest BCUT2D eigenvalue weighted by Gasteiger charge is 2.12. The maximum atomic E-state index is 10.6. The monoisotopic (exact) mass is 259 g/mol. The minimum Gasteiger partial charge on any atom is -0.480 e. The number of aromatic nitrogens is 2. The van der Waals surface area contributed by atoms with Gasteiger partial charge in [0.2, 0.25) is 0 Å². The van der Waals surface area contributed by atoms with Crippen LogP contribution in [0.3, 0.4) is 0 Å². The SMILES string of the molecule is N[C@@H](Cc1cnc(Oc2ccccc2)nc1)C(=O)O. The molecule has 0 saturated carbocycles. The molecule has 2 aromatic rings. The van der Waals surface area contributed by atoms with Crippen LogP contribution in [-0.4, -0.2) is 27.1 Å². The van der Waals surface area contributed by atoms with Gasteiger partial charge in [0.1, 0.15) is 11.8 Å². The van der Waals surface area contributed by atoms with Gasteiger partial charge in [0.25, 0.3) is 0 Å². The van der Waals surface area contributed by atoms with Crippen LogP contribution in [0.5, 0.6) is 11.8 Å². The van der Waals surface area contributed by atoms with Gasteiger partial charge in [-0.05, 0) is 17.7 Å². The summed E-state index contributed by atoms with van der Waals surface area (Å²) in [6, 6.07) is 8.40. The summed E-state index contributed by atoms with van der Waals surface area (Å²) in [5.74, 6) is -0.415. The minimum atomic E-state index is -1.05. The van der Waals surface area contributed by atoms with Crippen LogP contribution in [0.2, 0.25) is 0 Å². The second kappa shape index (κ2) is 5.92. The molecule has 98 valence electrons. The van der Waals surface area contributed by atoms with Crippen LogP contribution in [0.15, 0.2) is 42.7 Å². The molecule has 0 saturated heterocycles. The highest BCUT2D eigenvalue weighted by molar-refractivity contribution is 5.73. The van der Waals surface area contributed by atoms with Gasteiger partial charge in [-0.2, -0.15) is 0 Å². The van der Waals surface area contributed by atoms with Crippen LogP contribution in [0.1, 0.15) is 5.56 Å². The number of nitrogens with zero attached hydrogens (tertiary/aromatic N) is 2. The Balaban J connectivity index is 2.01. The van der Waals surface area contributed by atoms with Crippen LogP contribution >= 0.6 is 0 Å². The van der Waals surface area contributed by atoms with Crippen LogP contribution in [0.25, 0.3) is 0 Å². The predicted molar refractivity (Wildman–Crippen MR) is 67.9 cm³/mol. The van der Waals surface area contributed by atoms with E-state index >= 15 is 0 Å². The number of hydrogen-bond acceptors (Lipinski definition) is 5. The Kier molecular flexibility index (Phi) is 4.04. The molecule has 1 heterocycles. The second-order valence-corrected chi connectivity index (χ2v) is 3.94. The van der Waals surface area contributed by atoms with Crippen molar-refractivity contribution in [3.63, 3.8) is 0 Å². The lowest BCUT2D eigenvalue weighted by Crippen LogP contribution is -2.32. The molecule has 6 nitrogen and oxygen atoms in total. The van der Waals surface area contributed by atoms with Crippen molar-refractivity contribution in [2.45, 2.75) is 12.5 Å². The lowest BCUT2D eigenvalue weighted by Gasteiger charge is -2.06. The number of aliphatic carboxylic acids is 1. The third-order valence-corrected chi connectivity index (χ3v) is 2.41. The number of hydrogen-bond donors (Lipinski definition) is 2. The van der Waals surface area contributed by atoms with Crippen molar-refractivity contribution in [3.8, 4) is 11.8 Å². The zero-order valence-corrected chi connectivity index (χ0v) is 10.1. The van der Waals surface area contributed by atoms with Crippen molar-refractivity contribution < 1.29 is 14.6 Å². The molecule has 0 bridgehead atoms. The Bertz CT molecular complexity index is 543. The number of benzene rings is 1. The fourth-order valence-electron chi connectivity index (χ4n) is 1.44. The van der Waals surface area contributed by atoms with Crippen molar-refractivity contribution in [2.24, 2.45) is 5.73 Å². The summed E-state index contributed by atoms with van der Waals surface area (Å²) in [6.45, 7) is 0. The molecule has 1 aromatic carbocycles. The first-order chi connectivity index (χ1) is 9.15. The molecule has 1 aromatic heterocycles. The number of para-hydroxylation sites is 1. The van der Waals surface area contributed by atoms with Crippen LogP contribution in [0.4, 0.5) is 0 Å². The summed E-state index contributed by atoms with van der Waals surface area (Å²) in [6.07, 6.45) is 3.20. The molecule has 0 unspecified atom stereocenters. The molecule has 0 aliphatic carbocycles. The van der Waals surface area contributed by atoms with Crippen molar-refractivity contribution in [3.05, 3.63) is 48.3 Å². The second-order valence-electron chi connectivity index (χ2n) is 3.94. The summed E-state index contributed by atoms with van der Waals surface area (Å²) in [4.78, 5) is 18.6. The van der Waals surface area contributed by atoms with Crippen LogP contribution in [-0.2, 0) is 11.2 Å². The van der Waals surface area contributed by atoms with E-state index in [0.717, 1.165) is 0 Å². The Labute approximate surface area is 109 Å². The minimum absolute atomic E-state index is 0.181. The van der Waals surface area contributed by atoms with Crippen molar-refractivity contribution in [1.29, 1.82) is 0 Å². The molecule has 1 atom stereocenters. The molecular weight excluding hydrogens is 246 g/mol. The van der Waals surface area contributed by atoms with E-state index in [1.165, 1.54) is 12.4 Å². The fourth-order valence-corrected chi connectivity index (χ4v) is 1.44. The Morgan fingerprint density at radius 3 is 2.47 bits per heavy atom. The van der Waals surface area contributed by atoms with Crippen LogP contribution < -0.4 is 10.5 Å². The molecule has 0 aliphatic rings. The maximum absolute atomic E-state index is 10.6. The molecule has 0 fully saturated rings. The van der Waals surface area contributed by atoms with Crippen molar-refractivity contribution in [1.82, 2.24) is 9.97 Å². The molecule has 6 heteroatoms. The first-order valence-corrected chi connectivity index (χ1v) is 5.67. The van der Waals surface area contributed by atoms with E-state index in [1.807, 2.05) is 18.2 Å². The third-order valence-electron chi connectivity index (χ3n) is 2.41. The van der Waals surface area contributed by atoms with E-state index in [0.29, 0.717) is 11.3 Å². The van der Waals surface area contributed by atoms with Crippen molar-refractivity contribution >= 4 is 5.97 Å². The zero-order valence-electron chi connectivity index (χ0n) is 10.1. The van der Waals surface area contributed by atoms with Gasteiger partial charge in [-0.25, -0.2) is 9.97 Å². The first-order valence-electron chi connectivity index (χ1n) is 5.67. The summed E-state index contributed by atoms with van der Waals surface area (Å²) >= 11 is 0. The van der Waals surface area contributed by atoms with Crippen molar-refractivity contribution in [2.75, 3.05) is 0 Å². The van der Waals surface area contributed by atoms with Gasteiger partial charge in [0, 0.05) is 18.8 Å². The van der Waals surface area contributed by atoms with E-state index in [1.54, 1.807) is 12.1 Å². The standard InChI is InChI=1S/C13H13N3O3/c14-11(12(17)18)6-9-7-15-13(16-8-9)19-10-4-2-1-3-5-10/h1-5,7-8,11H,6,14H2,(H,17,18)/t11-/m0/s1. The van der Waals surface area contributed by atoms with E-state index < -0.39 is 12.0 Å². The molecular formula is C13H13N3O3. The quantitative estimate of drug-likeness (QED) is 0.837. The summed E-state index contributed by atoms with van der Waals surface area (Å²) in [5, 5.41) is 8.70. The third kappa shape index (κ3) is 3.75. The van der Waals surface area contributed by atoms with Gasteiger partial charge < -0.3 is 15.6 Å². The molecule has 19 heavy (non-hydrogen) atoms. The number of carboxylic acid groups (broad SMARTS) is 1. The Morgan fingerprint density at radius 2 is 1.89 bits per heavy atom. The average molecular weight is 259 g/mol. The van der Waals surface area contributed by atoms with E-state index in [-0.39, 0.29) is 12.4 Å². The summed E-state index contributed by atoms with van der Waals surface area (Å²) < 4.78 is 5.42. The largest absolute Gasteiger partial charge is 0.480 e. The van der Waals surface area contributed by atoms with Gasteiger partial charge in [0.15, 0.2) is 0 Å². The summed E-state index contributed by atoms with van der Waals surface area (Å²) in [7, 11) is 0. The smallest absolute Gasteiger partial charge is 0.321 e. The van der Waals surface area contributed by atoms with Gasteiger partial charge in [-0.1, -0.05) is 18.2 Å². The predicted octanol–water partition coefficient (Wildman–Crippen LogP) is 1.22. The van der Waals surface area contributed by atoms with Gasteiger partial charge in [-0.3, -0.25) is 4.79 Å². The molecule has 0 amide bonds. The molecule has 0 radical (unpaired) electrons. The number of ether oxygens (including phenoxy) is 1. The first kappa shape index (κ1) is 13.0. The zero-order chi connectivity index (χ0) is 13.7. The van der Waals surface area contributed by atoms with Gasteiger partial charge >= 0.3 is 12.0 Å².